The molecule has 0 aliphatic carbocycles. The number of carbonyl (C=O) groups is 2. The van der Waals surface area contributed by atoms with Gasteiger partial charge in [-0.15, -0.1) is 0 Å². The Kier molecular flexibility index (Phi) is 6.38. The van der Waals surface area contributed by atoms with Crippen LogP contribution in [0.4, 0.5) is 8.78 Å². The molecule has 1 atom stereocenters. The van der Waals surface area contributed by atoms with Crippen molar-refractivity contribution in [1.29, 1.82) is 0 Å². The second kappa shape index (κ2) is 8.55. The highest BCUT2D eigenvalue weighted by atomic mass is 35.5. The number of halogens is 3. The maximum atomic E-state index is 14.6. The first-order valence-corrected chi connectivity index (χ1v) is 10.3. The van der Waals surface area contributed by atoms with Crippen molar-refractivity contribution in [1.82, 2.24) is 19.8 Å². The topological polar surface area (TPSA) is 93.2 Å². The molecule has 2 amide bonds. The molecule has 1 aliphatic rings. The zero-order valence-electron chi connectivity index (χ0n) is 17.9. The van der Waals surface area contributed by atoms with Gasteiger partial charge in [-0.25, -0.2) is 13.8 Å². The fraction of sp³-hybridized carbons (Fsp3) is 0.476. The minimum atomic E-state index is -0.929. The third-order valence-electron chi connectivity index (χ3n) is 5.31. The Morgan fingerprint density at radius 3 is 2.52 bits per heavy atom. The molecule has 0 saturated carbocycles. The lowest BCUT2D eigenvalue weighted by molar-refractivity contribution is -0.122. The first-order chi connectivity index (χ1) is 14.4. The van der Waals surface area contributed by atoms with Crippen molar-refractivity contribution >= 4 is 23.4 Å². The van der Waals surface area contributed by atoms with Crippen molar-refractivity contribution in [2.24, 2.45) is 11.1 Å². The van der Waals surface area contributed by atoms with E-state index in [9.17, 15) is 18.4 Å². The number of aromatic nitrogens is 2. The zero-order chi connectivity index (χ0) is 23.1. The molecule has 3 rings (SSSR count). The summed E-state index contributed by atoms with van der Waals surface area (Å²) < 4.78 is 30.1. The molecule has 7 nitrogen and oxygen atoms in total. The average Bonchev–Trinajstić information content (AvgIpc) is 2.87. The number of benzene rings is 1. The molecular formula is C21H26ClF2N5O2. The van der Waals surface area contributed by atoms with E-state index in [1.807, 2.05) is 11.9 Å². The minimum absolute atomic E-state index is 0.00137. The third-order valence-corrected chi connectivity index (χ3v) is 5.60. The van der Waals surface area contributed by atoms with Gasteiger partial charge in [0.15, 0.2) is 5.69 Å². The predicted molar refractivity (Wildman–Crippen MR) is 113 cm³/mol. The fourth-order valence-electron chi connectivity index (χ4n) is 3.72. The van der Waals surface area contributed by atoms with Crippen LogP contribution in [0.2, 0.25) is 5.02 Å². The van der Waals surface area contributed by atoms with Crippen LogP contribution in [0.25, 0.3) is 11.4 Å². The molecule has 1 aromatic carbocycles. The standard InChI is InChI=1S/C21H26ClF2N5O2/c1-21(2,3)17(18(25)30)27-20(31)16-15-10-28(4)6-5-7-29(15)19(26-16)11-8-12(22)14(24)9-13(11)23/h8-9,17H,5-7,10H2,1-4H3,(H2,25,30)(H,27,31). The molecule has 2 heterocycles. The van der Waals surface area contributed by atoms with Crippen LogP contribution < -0.4 is 11.1 Å². The van der Waals surface area contributed by atoms with Crippen molar-refractivity contribution in [3.05, 3.63) is 40.2 Å². The number of hydrogen-bond donors (Lipinski definition) is 2. The summed E-state index contributed by atoms with van der Waals surface area (Å²) >= 11 is 5.88. The number of nitrogens with two attached hydrogens (primary N) is 1. The summed E-state index contributed by atoms with van der Waals surface area (Å²) in [7, 11) is 1.90. The SMILES string of the molecule is CN1CCCn2c(-c3cc(Cl)c(F)cc3F)nc(C(=O)NC(C(N)=O)C(C)(C)C)c2C1. The molecule has 168 valence electrons. The minimum Gasteiger partial charge on any atom is -0.368 e. The van der Waals surface area contributed by atoms with Gasteiger partial charge in [-0.1, -0.05) is 32.4 Å². The van der Waals surface area contributed by atoms with Crippen LogP contribution in [0.1, 0.15) is 43.4 Å². The lowest BCUT2D eigenvalue weighted by atomic mass is 9.86. The van der Waals surface area contributed by atoms with Gasteiger partial charge in [-0.3, -0.25) is 9.59 Å². The highest BCUT2D eigenvalue weighted by Gasteiger charge is 2.34. The monoisotopic (exact) mass is 453 g/mol. The number of fused-ring (bicyclic) bond motifs is 1. The van der Waals surface area contributed by atoms with Gasteiger partial charge in [0.1, 0.15) is 23.5 Å². The Morgan fingerprint density at radius 1 is 1.23 bits per heavy atom. The van der Waals surface area contributed by atoms with Crippen molar-refractivity contribution in [2.75, 3.05) is 13.6 Å². The van der Waals surface area contributed by atoms with E-state index >= 15 is 0 Å². The molecule has 2 aromatic rings. The number of primary amides is 1. The van der Waals surface area contributed by atoms with Crippen LogP contribution >= 0.6 is 11.6 Å². The highest BCUT2D eigenvalue weighted by Crippen LogP contribution is 2.31. The molecule has 0 bridgehead atoms. The first kappa shape index (κ1) is 23.1. The Hall–Kier alpha value is -2.52. The van der Waals surface area contributed by atoms with Gasteiger partial charge in [0.2, 0.25) is 5.91 Å². The maximum Gasteiger partial charge on any atom is 0.272 e. The second-order valence-electron chi connectivity index (χ2n) is 8.89. The zero-order valence-corrected chi connectivity index (χ0v) is 18.7. The molecular weight excluding hydrogens is 428 g/mol. The molecule has 0 saturated heterocycles. The van der Waals surface area contributed by atoms with Crippen LogP contribution in [0.15, 0.2) is 12.1 Å². The van der Waals surface area contributed by atoms with E-state index < -0.39 is 34.9 Å². The first-order valence-electron chi connectivity index (χ1n) is 9.93. The van der Waals surface area contributed by atoms with E-state index in [-0.39, 0.29) is 22.1 Å². The molecule has 1 aromatic heterocycles. The average molecular weight is 454 g/mol. The van der Waals surface area contributed by atoms with Gasteiger partial charge in [0.05, 0.1) is 16.3 Å². The van der Waals surface area contributed by atoms with Crippen LogP contribution in [0.5, 0.6) is 0 Å². The maximum absolute atomic E-state index is 14.6. The number of rotatable bonds is 4. The molecule has 0 spiro atoms. The van der Waals surface area contributed by atoms with Crippen LogP contribution in [0.3, 0.4) is 0 Å². The smallest absolute Gasteiger partial charge is 0.272 e. The summed E-state index contributed by atoms with van der Waals surface area (Å²) in [5.74, 6) is -2.78. The number of nitrogens with one attached hydrogen (secondary N) is 1. The van der Waals surface area contributed by atoms with E-state index in [0.717, 1.165) is 13.0 Å². The third kappa shape index (κ3) is 4.72. The van der Waals surface area contributed by atoms with E-state index in [0.29, 0.717) is 24.8 Å². The molecule has 0 fully saturated rings. The lowest BCUT2D eigenvalue weighted by Gasteiger charge is -2.28. The Balaban J connectivity index is 2.13. The quantitative estimate of drug-likeness (QED) is 0.696. The normalized spacial score (nSPS) is 15.8. The van der Waals surface area contributed by atoms with Crippen molar-refractivity contribution < 1.29 is 18.4 Å². The van der Waals surface area contributed by atoms with Gasteiger partial charge >= 0.3 is 0 Å². The Labute approximate surface area is 184 Å². The number of nitrogens with zero attached hydrogens (tertiary/aromatic N) is 3. The van der Waals surface area contributed by atoms with Gasteiger partial charge in [0, 0.05) is 19.2 Å². The van der Waals surface area contributed by atoms with Crippen molar-refractivity contribution in [2.45, 2.75) is 46.3 Å². The van der Waals surface area contributed by atoms with Gasteiger partial charge in [-0.05, 0) is 31.5 Å². The van der Waals surface area contributed by atoms with E-state index in [2.05, 4.69) is 10.3 Å². The van der Waals surface area contributed by atoms with Crippen molar-refractivity contribution in [3.8, 4) is 11.4 Å². The largest absolute Gasteiger partial charge is 0.368 e. The summed E-state index contributed by atoms with van der Waals surface area (Å²) in [6, 6.07) is 0.936. The Bertz CT molecular complexity index is 1030. The van der Waals surface area contributed by atoms with Crippen LogP contribution in [-0.4, -0.2) is 45.9 Å². The van der Waals surface area contributed by atoms with Crippen molar-refractivity contribution in [3.63, 3.8) is 0 Å². The summed E-state index contributed by atoms with van der Waals surface area (Å²) in [4.78, 5) is 31.5. The fourth-order valence-corrected chi connectivity index (χ4v) is 3.88. The summed E-state index contributed by atoms with van der Waals surface area (Å²) in [5.41, 5.74) is 5.52. The highest BCUT2D eigenvalue weighted by molar-refractivity contribution is 6.31. The predicted octanol–water partition coefficient (Wildman–Crippen LogP) is 2.95. The second-order valence-corrected chi connectivity index (χ2v) is 9.30. The van der Waals surface area contributed by atoms with E-state index in [4.69, 9.17) is 17.3 Å². The molecule has 1 aliphatic heterocycles. The molecule has 31 heavy (non-hydrogen) atoms. The van der Waals surface area contributed by atoms with Crippen LogP contribution in [-0.2, 0) is 17.9 Å². The number of imidazole rings is 1. The number of carbonyl (C=O) groups excluding carboxylic acids is 2. The van der Waals surface area contributed by atoms with E-state index in [1.165, 1.54) is 6.07 Å². The van der Waals surface area contributed by atoms with Crippen LogP contribution in [0, 0.1) is 17.0 Å². The molecule has 3 N–H and O–H groups in total. The molecule has 0 radical (unpaired) electrons. The van der Waals surface area contributed by atoms with Gasteiger partial charge in [-0.2, -0.15) is 0 Å². The van der Waals surface area contributed by atoms with Gasteiger partial charge < -0.3 is 20.5 Å². The lowest BCUT2D eigenvalue weighted by Crippen LogP contribution is -2.52. The van der Waals surface area contributed by atoms with Gasteiger partial charge in [0.25, 0.3) is 5.91 Å². The van der Waals surface area contributed by atoms with E-state index in [1.54, 1.807) is 25.3 Å². The number of amides is 2. The molecule has 10 heteroatoms. The Morgan fingerprint density at radius 2 is 1.90 bits per heavy atom. The summed E-state index contributed by atoms with van der Waals surface area (Å²) in [6.45, 7) is 6.99. The number of hydrogen-bond acceptors (Lipinski definition) is 4. The molecule has 1 unspecified atom stereocenters. The summed E-state index contributed by atoms with van der Waals surface area (Å²) in [5, 5.41) is 2.43. The summed E-state index contributed by atoms with van der Waals surface area (Å²) in [6.07, 6.45) is 0.746.